The molecule has 0 unspecified atom stereocenters. The minimum atomic E-state index is -1.47. The molecule has 528 valence electrons. The van der Waals surface area contributed by atoms with Gasteiger partial charge in [-0.05, 0) is 81.9 Å². The molecule has 0 saturated carbocycles. The van der Waals surface area contributed by atoms with E-state index >= 15 is 0 Å². The molecule has 0 fully saturated rings. The van der Waals surface area contributed by atoms with E-state index in [0.717, 1.165) is 56.9 Å². The van der Waals surface area contributed by atoms with E-state index in [1.54, 1.807) is 0 Å². The van der Waals surface area contributed by atoms with Crippen LogP contribution in [0.1, 0.15) is 192 Å². The Morgan fingerprint density at radius 1 is 0.419 bits per heavy atom. The highest BCUT2D eigenvalue weighted by Crippen LogP contribution is 2.18. The van der Waals surface area contributed by atoms with Gasteiger partial charge < -0.3 is 71.1 Å². The molecular formula is C66H107N5O21S. The lowest BCUT2D eigenvalue weighted by Gasteiger charge is -2.20. The molecule has 27 heteroatoms. The van der Waals surface area contributed by atoms with E-state index < -0.39 is 96.8 Å². The second-order valence-corrected chi connectivity index (χ2v) is 23.7. The molecule has 0 saturated heterocycles. The number of unbranched alkanes of at least 4 members (excludes halogenated alkanes) is 14. The third kappa shape index (κ3) is 48.2. The number of carbonyl (C=O) groups excluding carboxylic acids is 8. The van der Waals surface area contributed by atoms with Gasteiger partial charge in [0.2, 0.25) is 23.6 Å². The van der Waals surface area contributed by atoms with E-state index in [1.165, 1.54) is 32.1 Å². The van der Waals surface area contributed by atoms with E-state index in [0.29, 0.717) is 50.7 Å². The third-order valence-electron chi connectivity index (χ3n) is 15.3. The minimum Gasteiger partial charge on any atom is -0.481 e. The van der Waals surface area contributed by atoms with Crippen LogP contribution in [0.3, 0.4) is 0 Å². The molecule has 0 aliphatic heterocycles. The SMILES string of the molecule is O=C(O)CCCCCCCCCCCCCCCCC(=O)N[C@@H](CCC(=O)NCCOCCOCC(=O)CCCOCCOCC(=O)N[C@@H](CCC(=O)C[C@@H](CCC(=O)NCCCC[C@H](NCC(=O)[C@H](CCS)Cc1ccccc1)C(=O)CO)C(=O)O)C(=O)O)C(=O)O. The topological polar surface area (TPSA) is 403 Å². The number of rotatable bonds is 65. The summed E-state index contributed by atoms with van der Waals surface area (Å²) in [7, 11) is 0. The average Bonchev–Trinajstić information content (AvgIpc) is 3.20. The fourth-order valence-corrected chi connectivity index (χ4v) is 10.2. The van der Waals surface area contributed by atoms with Crippen LogP contribution in [0.5, 0.6) is 0 Å². The monoisotopic (exact) mass is 1340 g/mol. The Morgan fingerprint density at radius 3 is 1.52 bits per heavy atom. The normalized spacial score (nSPS) is 12.8. The molecule has 1 aromatic rings. The van der Waals surface area contributed by atoms with Crippen molar-refractivity contribution in [2.24, 2.45) is 11.8 Å². The van der Waals surface area contributed by atoms with Crippen molar-refractivity contribution in [2.45, 2.75) is 211 Å². The Kier molecular flexibility index (Phi) is 51.2. The van der Waals surface area contributed by atoms with Crippen LogP contribution in [0.15, 0.2) is 30.3 Å². The molecular weight excluding hydrogens is 1230 g/mol. The van der Waals surface area contributed by atoms with Crippen LogP contribution in [-0.4, -0.2) is 199 Å². The maximum absolute atomic E-state index is 13.1. The number of thiol groups is 1. The number of aliphatic hydroxyl groups is 1. The second-order valence-electron chi connectivity index (χ2n) is 23.2. The van der Waals surface area contributed by atoms with Gasteiger partial charge in [0.25, 0.3) is 0 Å². The number of hydrogen-bond donors (Lipinski definition) is 11. The summed E-state index contributed by atoms with van der Waals surface area (Å²) in [5, 5.41) is 60.3. The Morgan fingerprint density at radius 2 is 0.946 bits per heavy atom. The van der Waals surface area contributed by atoms with Gasteiger partial charge in [-0.2, -0.15) is 12.6 Å². The molecule has 0 aromatic heterocycles. The standard InChI is InChI=1S/C66H107N5O21S/c72-46-58(76)54(69-45-57(75)50(33-42-93)43-49-21-14-13-15-22-49)24-18-19-34-67-59(77)31-27-51(64(83)84)44-52(73)28-29-55(65(85)86)71-62(80)48-92-41-38-89-36-20-23-53(74)47-91-40-39-90-37-35-68-60(78)32-30-56(66(87)88)70-61(79)25-16-11-9-7-5-3-1-2-4-6-8-10-12-17-26-63(81)82/h13-15,21-22,50-51,54-56,69,72,93H,1-12,16-20,23-48H2,(H,67,77)(H,68,78)(H,70,79)(H,71,80)(H,81,82)(H,83,84)(H,85,86)(H,87,88)/t50-,51-,54+,55+,56+/m1/s1. The van der Waals surface area contributed by atoms with Gasteiger partial charge in [0.15, 0.2) is 11.6 Å². The van der Waals surface area contributed by atoms with E-state index in [4.69, 9.17) is 24.1 Å². The van der Waals surface area contributed by atoms with Gasteiger partial charge in [-0.15, -0.1) is 0 Å². The van der Waals surface area contributed by atoms with Crippen molar-refractivity contribution >= 4 is 83.3 Å². The predicted octanol–water partition coefficient (Wildman–Crippen LogP) is 5.54. The third-order valence-corrected chi connectivity index (χ3v) is 15.6. The van der Waals surface area contributed by atoms with Crippen LogP contribution in [0.25, 0.3) is 0 Å². The Bertz CT molecular complexity index is 2330. The number of ether oxygens (including phenoxy) is 4. The van der Waals surface area contributed by atoms with Crippen molar-refractivity contribution < 1.29 is 102 Å². The fourth-order valence-electron chi connectivity index (χ4n) is 9.94. The molecule has 4 amide bonds. The summed E-state index contributed by atoms with van der Waals surface area (Å²) in [6.45, 7) is -0.380. The molecule has 5 atom stereocenters. The number of benzene rings is 1. The van der Waals surface area contributed by atoms with Crippen LogP contribution in [0.4, 0.5) is 0 Å². The number of amides is 4. The number of ketones is 4. The molecule has 0 heterocycles. The molecule has 0 bridgehead atoms. The van der Waals surface area contributed by atoms with Gasteiger partial charge in [0, 0.05) is 70.6 Å². The molecule has 0 aliphatic rings. The van der Waals surface area contributed by atoms with Crippen LogP contribution in [0.2, 0.25) is 0 Å². The largest absolute Gasteiger partial charge is 0.481 e. The number of carboxylic acids is 4. The summed E-state index contributed by atoms with van der Waals surface area (Å²) in [4.78, 5) is 146. The number of carboxylic acid groups (broad SMARTS) is 4. The van der Waals surface area contributed by atoms with Crippen molar-refractivity contribution in [1.82, 2.24) is 26.6 Å². The highest BCUT2D eigenvalue weighted by Gasteiger charge is 2.27. The van der Waals surface area contributed by atoms with Crippen LogP contribution >= 0.6 is 12.6 Å². The fraction of sp³-hybridized carbons (Fsp3) is 0.727. The molecule has 0 aliphatic carbocycles. The number of aliphatic hydroxyl groups excluding tert-OH is 1. The van der Waals surface area contributed by atoms with Crippen LogP contribution in [-0.2, 0) is 82.9 Å². The maximum Gasteiger partial charge on any atom is 0.326 e. The van der Waals surface area contributed by atoms with Gasteiger partial charge in [0.1, 0.15) is 43.5 Å². The Hall–Kier alpha value is -6.23. The highest BCUT2D eigenvalue weighted by molar-refractivity contribution is 7.80. The van der Waals surface area contributed by atoms with Gasteiger partial charge in [-0.3, -0.25) is 47.9 Å². The summed E-state index contributed by atoms with van der Waals surface area (Å²) < 4.78 is 21.5. The zero-order chi connectivity index (χ0) is 68.7. The number of hydrogen-bond acceptors (Lipinski definition) is 19. The van der Waals surface area contributed by atoms with Gasteiger partial charge in [0.05, 0.1) is 51.5 Å². The highest BCUT2D eigenvalue weighted by atomic mass is 32.1. The van der Waals surface area contributed by atoms with Gasteiger partial charge in [-0.25, -0.2) is 9.59 Å². The molecule has 93 heavy (non-hydrogen) atoms. The molecule has 26 nitrogen and oxygen atoms in total. The molecule has 10 N–H and O–H groups in total. The summed E-state index contributed by atoms with van der Waals surface area (Å²) in [5.41, 5.74) is 1.01. The number of carbonyl (C=O) groups is 12. The van der Waals surface area contributed by atoms with Crippen LogP contribution < -0.4 is 26.6 Å². The summed E-state index contributed by atoms with van der Waals surface area (Å²) in [6, 6.07) is 6.14. The zero-order valence-corrected chi connectivity index (χ0v) is 55.3. The quantitative estimate of drug-likeness (QED) is 0.0282. The van der Waals surface area contributed by atoms with Crippen molar-refractivity contribution in [2.75, 3.05) is 84.8 Å². The van der Waals surface area contributed by atoms with Gasteiger partial charge >= 0.3 is 23.9 Å². The lowest BCUT2D eigenvalue weighted by molar-refractivity contribution is -0.145. The molecule has 1 aromatic carbocycles. The Balaban J connectivity index is 2.13. The average molecular weight is 1340 g/mol. The van der Waals surface area contributed by atoms with E-state index in [-0.39, 0.29) is 147 Å². The number of nitrogens with one attached hydrogen (secondary N) is 5. The first kappa shape index (κ1) is 84.8. The van der Waals surface area contributed by atoms with Crippen molar-refractivity contribution in [1.29, 1.82) is 0 Å². The smallest absolute Gasteiger partial charge is 0.326 e. The molecule has 1 rings (SSSR count). The first-order valence-corrected chi connectivity index (χ1v) is 33.8. The first-order chi connectivity index (χ1) is 44.7. The molecule has 0 radical (unpaired) electrons. The number of Topliss-reactive ketones (excluding diaryl/α,β-unsaturated/α-hetero) is 4. The van der Waals surface area contributed by atoms with Gasteiger partial charge in [-0.1, -0.05) is 107 Å². The summed E-state index contributed by atoms with van der Waals surface area (Å²) in [6.07, 6.45) is 16.4. The molecule has 0 spiro atoms. The Labute approximate surface area is 553 Å². The second kappa shape index (κ2) is 56.1. The lowest BCUT2D eigenvalue weighted by Crippen LogP contribution is -2.43. The zero-order valence-electron chi connectivity index (χ0n) is 54.4. The van der Waals surface area contributed by atoms with Crippen molar-refractivity contribution in [3.05, 3.63) is 35.9 Å². The van der Waals surface area contributed by atoms with E-state index in [1.807, 2.05) is 30.3 Å². The van der Waals surface area contributed by atoms with E-state index in [9.17, 15) is 78.0 Å². The minimum absolute atomic E-state index is 0.0265. The predicted molar refractivity (Wildman–Crippen MR) is 347 cm³/mol. The van der Waals surface area contributed by atoms with Crippen molar-refractivity contribution in [3.8, 4) is 0 Å². The number of aliphatic carboxylic acids is 4. The summed E-state index contributed by atoms with van der Waals surface area (Å²) in [5.74, 6) is -8.94. The first-order valence-electron chi connectivity index (χ1n) is 33.2. The summed E-state index contributed by atoms with van der Waals surface area (Å²) >= 11 is 4.30. The van der Waals surface area contributed by atoms with Crippen LogP contribution in [0, 0.1) is 11.8 Å². The maximum atomic E-state index is 13.1. The van der Waals surface area contributed by atoms with E-state index in [2.05, 4.69) is 39.2 Å². The lowest BCUT2D eigenvalue weighted by atomic mass is 9.92. The van der Waals surface area contributed by atoms with Crippen molar-refractivity contribution in [3.63, 3.8) is 0 Å².